The molecule has 0 saturated carbocycles. The third-order valence-corrected chi connectivity index (χ3v) is 4.88. The molecule has 0 atom stereocenters. The van der Waals surface area contributed by atoms with Crippen LogP contribution >= 0.6 is 0 Å². The molecule has 1 fully saturated rings. The van der Waals surface area contributed by atoms with E-state index in [-0.39, 0.29) is 5.91 Å². The van der Waals surface area contributed by atoms with Crippen molar-refractivity contribution in [1.29, 1.82) is 0 Å². The molecule has 1 saturated heterocycles. The van der Waals surface area contributed by atoms with Crippen molar-refractivity contribution in [3.05, 3.63) is 54.6 Å². The van der Waals surface area contributed by atoms with Crippen LogP contribution in [0.3, 0.4) is 0 Å². The Hall–Kier alpha value is -2.88. The fraction of sp³-hybridized carbons (Fsp3) is 0.273. The first-order valence-corrected chi connectivity index (χ1v) is 9.23. The van der Waals surface area contributed by atoms with E-state index in [1.165, 1.54) is 37.3 Å². The molecule has 0 radical (unpaired) electrons. The number of rotatable bonds is 3. The molecule has 4 nitrogen and oxygen atoms in total. The van der Waals surface area contributed by atoms with Crippen LogP contribution in [0.15, 0.2) is 54.6 Å². The zero-order chi connectivity index (χ0) is 17.9. The van der Waals surface area contributed by atoms with Crippen LogP contribution in [0, 0.1) is 0 Å². The number of hydrogen-bond donors (Lipinski definition) is 1. The van der Waals surface area contributed by atoms with E-state index in [2.05, 4.69) is 52.7 Å². The lowest BCUT2D eigenvalue weighted by Crippen LogP contribution is -2.30. The van der Waals surface area contributed by atoms with Crippen LogP contribution in [-0.4, -0.2) is 24.0 Å². The van der Waals surface area contributed by atoms with E-state index < -0.39 is 0 Å². The van der Waals surface area contributed by atoms with Crippen LogP contribution in [0.2, 0.25) is 0 Å². The number of fused-ring (bicyclic) bond motifs is 1. The number of carbonyl (C=O) groups excluding carboxylic acids is 1. The lowest BCUT2D eigenvalue weighted by Gasteiger charge is -2.29. The molecule has 0 spiro atoms. The molecule has 4 rings (SSSR count). The van der Waals surface area contributed by atoms with Crippen LogP contribution in [-0.2, 0) is 4.79 Å². The summed E-state index contributed by atoms with van der Waals surface area (Å²) in [5.41, 5.74) is 2.38. The summed E-state index contributed by atoms with van der Waals surface area (Å²) >= 11 is 0. The summed E-state index contributed by atoms with van der Waals surface area (Å²) in [6, 6.07) is 18.8. The number of piperidine rings is 1. The number of aromatic nitrogens is 1. The largest absolute Gasteiger partial charge is 0.356 e. The van der Waals surface area contributed by atoms with Crippen LogP contribution in [0.25, 0.3) is 21.9 Å². The molecule has 2 heterocycles. The van der Waals surface area contributed by atoms with Gasteiger partial charge in [0.1, 0.15) is 11.6 Å². The van der Waals surface area contributed by atoms with Crippen molar-refractivity contribution in [2.75, 3.05) is 23.3 Å². The lowest BCUT2D eigenvalue weighted by molar-refractivity contribution is -0.114. The molecule has 2 aromatic carbocycles. The van der Waals surface area contributed by atoms with Crippen molar-refractivity contribution < 1.29 is 4.79 Å². The molecule has 3 aromatic rings. The second-order valence-corrected chi connectivity index (χ2v) is 6.86. The minimum atomic E-state index is -0.0950. The highest BCUT2D eigenvalue weighted by Gasteiger charge is 2.17. The quantitative estimate of drug-likeness (QED) is 0.738. The highest BCUT2D eigenvalue weighted by Crippen LogP contribution is 2.33. The molecule has 0 bridgehead atoms. The van der Waals surface area contributed by atoms with Gasteiger partial charge in [0.15, 0.2) is 0 Å². The summed E-state index contributed by atoms with van der Waals surface area (Å²) in [5, 5.41) is 5.09. The number of nitrogens with zero attached hydrogens (tertiary/aromatic N) is 2. The van der Waals surface area contributed by atoms with Crippen molar-refractivity contribution in [2.24, 2.45) is 0 Å². The number of hydrogen-bond acceptors (Lipinski definition) is 3. The van der Waals surface area contributed by atoms with E-state index in [4.69, 9.17) is 4.98 Å². The van der Waals surface area contributed by atoms with Gasteiger partial charge in [-0.1, -0.05) is 42.5 Å². The van der Waals surface area contributed by atoms with Gasteiger partial charge >= 0.3 is 0 Å². The summed E-state index contributed by atoms with van der Waals surface area (Å²) < 4.78 is 0. The minimum Gasteiger partial charge on any atom is -0.356 e. The van der Waals surface area contributed by atoms with E-state index in [0.29, 0.717) is 5.82 Å². The third kappa shape index (κ3) is 3.40. The van der Waals surface area contributed by atoms with Gasteiger partial charge in [0.2, 0.25) is 5.91 Å². The monoisotopic (exact) mass is 345 g/mol. The third-order valence-electron chi connectivity index (χ3n) is 4.88. The molecule has 0 aliphatic carbocycles. The maximum absolute atomic E-state index is 11.5. The van der Waals surface area contributed by atoms with Gasteiger partial charge in [-0.05, 0) is 47.9 Å². The van der Waals surface area contributed by atoms with Gasteiger partial charge in [0.05, 0.1) is 0 Å². The first-order valence-electron chi connectivity index (χ1n) is 9.23. The SMILES string of the molecule is CC(=O)Nc1cc2ccc(-c3ccccc3)cc2c(N2CCCCC2)n1. The van der Waals surface area contributed by atoms with Gasteiger partial charge in [-0.25, -0.2) is 4.98 Å². The van der Waals surface area contributed by atoms with Gasteiger partial charge in [-0.15, -0.1) is 0 Å². The molecule has 1 amide bonds. The van der Waals surface area contributed by atoms with Crippen molar-refractivity contribution >= 4 is 28.3 Å². The second-order valence-electron chi connectivity index (χ2n) is 6.86. The number of carbonyl (C=O) groups is 1. The summed E-state index contributed by atoms with van der Waals surface area (Å²) in [4.78, 5) is 18.7. The van der Waals surface area contributed by atoms with E-state index in [0.717, 1.165) is 29.7 Å². The smallest absolute Gasteiger partial charge is 0.222 e. The van der Waals surface area contributed by atoms with Gasteiger partial charge in [0.25, 0.3) is 0 Å². The first kappa shape index (κ1) is 16.6. The highest BCUT2D eigenvalue weighted by atomic mass is 16.1. The standard InChI is InChI=1S/C22H23N3O/c1-16(26)23-21-15-19-11-10-18(17-8-4-2-5-9-17)14-20(19)22(24-21)25-12-6-3-7-13-25/h2,4-5,8-11,14-15H,3,6-7,12-13H2,1H3,(H,23,24,26). The molecular weight excluding hydrogens is 322 g/mol. The normalized spacial score (nSPS) is 14.4. The predicted octanol–water partition coefficient (Wildman–Crippen LogP) is 4.85. The number of nitrogens with one attached hydrogen (secondary N) is 1. The summed E-state index contributed by atoms with van der Waals surface area (Å²) in [7, 11) is 0. The Labute approximate surface area is 153 Å². The molecule has 1 aliphatic rings. The maximum atomic E-state index is 11.5. The lowest BCUT2D eigenvalue weighted by atomic mass is 10.0. The zero-order valence-corrected chi connectivity index (χ0v) is 15.0. The summed E-state index contributed by atoms with van der Waals surface area (Å²) in [6.07, 6.45) is 3.65. The molecule has 1 aliphatic heterocycles. The average Bonchev–Trinajstić information content (AvgIpc) is 2.68. The van der Waals surface area contributed by atoms with E-state index in [1.54, 1.807) is 0 Å². The topological polar surface area (TPSA) is 45.2 Å². The molecule has 26 heavy (non-hydrogen) atoms. The zero-order valence-electron chi connectivity index (χ0n) is 15.0. The number of amides is 1. The van der Waals surface area contributed by atoms with Gasteiger partial charge < -0.3 is 10.2 Å². The Morgan fingerprint density at radius 3 is 2.46 bits per heavy atom. The number of anilines is 2. The Morgan fingerprint density at radius 1 is 0.962 bits per heavy atom. The Balaban J connectivity index is 1.86. The molecule has 0 unspecified atom stereocenters. The van der Waals surface area contributed by atoms with E-state index in [1.807, 2.05) is 12.1 Å². The Kier molecular flexibility index (Phi) is 4.57. The number of benzene rings is 2. The van der Waals surface area contributed by atoms with Gasteiger partial charge in [-0.3, -0.25) is 4.79 Å². The molecule has 4 heteroatoms. The highest BCUT2D eigenvalue weighted by molar-refractivity contribution is 5.99. The Bertz CT molecular complexity index is 931. The molecule has 1 N–H and O–H groups in total. The Morgan fingerprint density at radius 2 is 1.73 bits per heavy atom. The van der Waals surface area contributed by atoms with Crippen LogP contribution in [0.1, 0.15) is 26.2 Å². The maximum Gasteiger partial charge on any atom is 0.222 e. The van der Waals surface area contributed by atoms with Gasteiger partial charge in [-0.2, -0.15) is 0 Å². The van der Waals surface area contributed by atoms with Crippen molar-refractivity contribution in [2.45, 2.75) is 26.2 Å². The number of pyridine rings is 1. The van der Waals surface area contributed by atoms with E-state index in [9.17, 15) is 4.79 Å². The van der Waals surface area contributed by atoms with Crippen molar-refractivity contribution in [1.82, 2.24) is 4.98 Å². The van der Waals surface area contributed by atoms with Crippen LogP contribution in [0.5, 0.6) is 0 Å². The van der Waals surface area contributed by atoms with Crippen molar-refractivity contribution in [3.63, 3.8) is 0 Å². The minimum absolute atomic E-state index is 0.0950. The van der Waals surface area contributed by atoms with Crippen LogP contribution in [0.4, 0.5) is 11.6 Å². The van der Waals surface area contributed by atoms with Gasteiger partial charge in [0, 0.05) is 25.4 Å². The van der Waals surface area contributed by atoms with Crippen molar-refractivity contribution in [3.8, 4) is 11.1 Å². The summed E-state index contributed by atoms with van der Waals surface area (Å²) in [5.74, 6) is 1.50. The summed E-state index contributed by atoms with van der Waals surface area (Å²) in [6.45, 7) is 3.55. The fourth-order valence-corrected chi connectivity index (χ4v) is 3.63. The fourth-order valence-electron chi connectivity index (χ4n) is 3.63. The molecule has 1 aromatic heterocycles. The average molecular weight is 345 g/mol. The molecular formula is C22H23N3O. The van der Waals surface area contributed by atoms with E-state index >= 15 is 0 Å². The predicted molar refractivity (Wildman–Crippen MR) is 108 cm³/mol. The first-order chi connectivity index (χ1) is 12.7. The van der Waals surface area contributed by atoms with Crippen LogP contribution < -0.4 is 10.2 Å². The second kappa shape index (κ2) is 7.16. The molecule has 132 valence electrons.